The van der Waals surface area contributed by atoms with Gasteiger partial charge in [-0.15, -0.1) is 12.4 Å². The van der Waals surface area contributed by atoms with E-state index in [2.05, 4.69) is 20.9 Å². The zero-order chi connectivity index (χ0) is 24.1. The highest BCUT2D eigenvalue weighted by Crippen LogP contribution is 2.34. The van der Waals surface area contributed by atoms with Crippen LogP contribution in [-0.2, 0) is 20.9 Å². The summed E-state index contributed by atoms with van der Waals surface area (Å²) in [6.45, 7) is 0.851. The number of hydrogen-bond donors (Lipinski definition) is 3. The molecule has 2 aromatic rings. The molecule has 35 heavy (non-hydrogen) atoms. The predicted octanol–water partition coefficient (Wildman–Crippen LogP) is 1.74. The zero-order valence-electron chi connectivity index (χ0n) is 18.7. The zero-order valence-corrected chi connectivity index (χ0v) is 19.5. The number of fused-ring (bicyclic) bond motifs is 1. The van der Waals surface area contributed by atoms with Crippen LogP contribution in [0, 0.1) is 0 Å². The highest BCUT2D eigenvalue weighted by atomic mass is 35.5. The van der Waals surface area contributed by atoms with Crippen molar-refractivity contribution in [2.24, 2.45) is 16.0 Å². The number of rotatable bonds is 8. The number of halogens is 1. The summed E-state index contributed by atoms with van der Waals surface area (Å²) < 4.78 is 5.42. The average Bonchev–Trinajstić information content (AvgIpc) is 3.17. The second-order valence-corrected chi connectivity index (χ2v) is 7.82. The topological polar surface area (TPSA) is 156 Å². The number of imide groups is 1. The van der Waals surface area contributed by atoms with Crippen molar-refractivity contribution in [3.8, 4) is 5.75 Å². The molecule has 0 radical (unpaired) electrons. The first-order chi connectivity index (χ1) is 16.5. The van der Waals surface area contributed by atoms with Crippen molar-refractivity contribution in [3.63, 3.8) is 0 Å². The van der Waals surface area contributed by atoms with Gasteiger partial charge in [-0.2, -0.15) is 10.2 Å². The quantitative estimate of drug-likeness (QED) is 0.370. The van der Waals surface area contributed by atoms with E-state index in [4.69, 9.17) is 10.5 Å². The van der Waals surface area contributed by atoms with Crippen LogP contribution in [0.2, 0.25) is 0 Å². The number of carbonyl (C=O) groups is 4. The van der Waals surface area contributed by atoms with Crippen molar-refractivity contribution in [2.75, 3.05) is 19.7 Å². The van der Waals surface area contributed by atoms with Gasteiger partial charge < -0.3 is 20.7 Å². The number of nitrogens with zero attached hydrogens (tertiary/aromatic N) is 3. The van der Waals surface area contributed by atoms with Gasteiger partial charge in [-0.1, -0.05) is 6.07 Å². The molecular weight excluding hydrogens is 476 g/mol. The maximum Gasteiger partial charge on any atom is 0.257 e. The summed E-state index contributed by atoms with van der Waals surface area (Å²) >= 11 is 0. The fraction of sp³-hybridized carbons (Fsp3) is 0.304. The van der Waals surface area contributed by atoms with Crippen LogP contribution in [0.5, 0.6) is 5.75 Å². The molecule has 0 aliphatic carbocycles. The summed E-state index contributed by atoms with van der Waals surface area (Å²) in [6, 6.07) is 11.2. The maximum absolute atomic E-state index is 12.9. The number of azo groups is 1. The lowest BCUT2D eigenvalue weighted by atomic mass is 10.0. The van der Waals surface area contributed by atoms with Crippen molar-refractivity contribution in [2.45, 2.75) is 25.4 Å². The second kappa shape index (κ2) is 11.5. The molecule has 2 aromatic carbocycles. The smallest absolute Gasteiger partial charge is 0.257 e. The number of carbonyl (C=O) groups excluding carboxylic acids is 4. The standard InChI is InChI=1S/C23H24N6O5.ClH/c24-10-11-25-21(31)13-34-15-6-4-14(5-7-15)27-28-18-3-1-2-16-17(18)12-29(23(16)33)19-8-9-20(30)26-22(19)32;/h1-7,19H,8-13,24H2,(H,25,31)(H,26,30,32);1H. The molecule has 0 spiro atoms. The van der Waals surface area contributed by atoms with Gasteiger partial charge >= 0.3 is 0 Å². The Bertz CT molecular complexity index is 1150. The van der Waals surface area contributed by atoms with Crippen LogP contribution in [0.4, 0.5) is 11.4 Å². The minimum Gasteiger partial charge on any atom is -0.484 e. The Morgan fingerprint density at radius 3 is 2.63 bits per heavy atom. The third kappa shape index (κ3) is 6.00. The van der Waals surface area contributed by atoms with Gasteiger partial charge in [0.05, 0.1) is 11.4 Å². The van der Waals surface area contributed by atoms with Gasteiger partial charge in [0.15, 0.2) is 6.61 Å². The first-order valence-electron chi connectivity index (χ1n) is 10.8. The SMILES string of the molecule is Cl.NCCNC(=O)COc1ccc(N=Nc2cccc3c2CN(C2CCC(=O)NC2=O)C3=O)cc1. The summed E-state index contributed by atoms with van der Waals surface area (Å²) in [5, 5.41) is 13.5. The minimum atomic E-state index is -0.688. The van der Waals surface area contributed by atoms with E-state index >= 15 is 0 Å². The lowest BCUT2D eigenvalue weighted by molar-refractivity contribution is -0.137. The van der Waals surface area contributed by atoms with Crippen LogP contribution in [0.3, 0.4) is 0 Å². The molecule has 11 nitrogen and oxygen atoms in total. The number of piperidine rings is 1. The first-order valence-corrected chi connectivity index (χ1v) is 10.8. The molecule has 4 N–H and O–H groups in total. The second-order valence-electron chi connectivity index (χ2n) is 7.82. The molecule has 1 atom stereocenters. The summed E-state index contributed by atoms with van der Waals surface area (Å²) in [7, 11) is 0. The Morgan fingerprint density at radius 1 is 1.14 bits per heavy atom. The molecule has 2 aliphatic rings. The Hall–Kier alpha value is -3.83. The molecule has 0 aromatic heterocycles. The van der Waals surface area contributed by atoms with E-state index in [0.717, 1.165) is 0 Å². The number of nitrogens with one attached hydrogen (secondary N) is 2. The summed E-state index contributed by atoms with van der Waals surface area (Å²) in [5.41, 5.74) is 7.58. The lowest BCUT2D eigenvalue weighted by Gasteiger charge is -2.29. The molecule has 184 valence electrons. The minimum absolute atomic E-state index is 0. The molecule has 2 heterocycles. The highest BCUT2D eigenvalue weighted by Gasteiger charge is 2.39. The lowest BCUT2D eigenvalue weighted by Crippen LogP contribution is -2.52. The van der Waals surface area contributed by atoms with Gasteiger partial charge in [-0.05, 0) is 42.8 Å². The molecule has 1 unspecified atom stereocenters. The molecule has 4 rings (SSSR count). The van der Waals surface area contributed by atoms with Crippen LogP contribution in [0.25, 0.3) is 0 Å². The van der Waals surface area contributed by atoms with Crippen molar-refractivity contribution < 1.29 is 23.9 Å². The molecule has 0 saturated carbocycles. The summed E-state index contributed by atoms with van der Waals surface area (Å²) in [5.74, 6) is -0.801. The molecule has 4 amide bonds. The summed E-state index contributed by atoms with van der Waals surface area (Å²) in [6.07, 6.45) is 0.492. The Balaban J connectivity index is 0.00000342. The molecule has 1 saturated heterocycles. The monoisotopic (exact) mass is 500 g/mol. The number of amides is 4. The Kier molecular flexibility index (Phi) is 8.50. The van der Waals surface area contributed by atoms with E-state index in [1.807, 2.05) is 0 Å². The fourth-order valence-corrected chi connectivity index (χ4v) is 3.80. The number of hydrogen-bond acceptors (Lipinski definition) is 8. The van der Waals surface area contributed by atoms with Gasteiger partial charge in [0.1, 0.15) is 11.8 Å². The Morgan fingerprint density at radius 2 is 1.91 bits per heavy atom. The van der Waals surface area contributed by atoms with Gasteiger partial charge in [-0.25, -0.2) is 0 Å². The van der Waals surface area contributed by atoms with Crippen molar-refractivity contribution in [1.82, 2.24) is 15.5 Å². The van der Waals surface area contributed by atoms with Crippen LogP contribution < -0.4 is 21.1 Å². The number of benzene rings is 2. The fourth-order valence-electron chi connectivity index (χ4n) is 3.80. The van der Waals surface area contributed by atoms with Gasteiger partial charge in [-0.3, -0.25) is 24.5 Å². The van der Waals surface area contributed by atoms with Crippen LogP contribution in [0.1, 0.15) is 28.8 Å². The highest BCUT2D eigenvalue weighted by molar-refractivity contribution is 6.06. The van der Waals surface area contributed by atoms with Crippen LogP contribution >= 0.6 is 12.4 Å². The van der Waals surface area contributed by atoms with E-state index in [-0.39, 0.29) is 49.7 Å². The van der Waals surface area contributed by atoms with Gasteiger partial charge in [0, 0.05) is 37.2 Å². The van der Waals surface area contributed by atoms with E-state index in [0.29, 0.717) is 47.8 Å². The third-order valence-corrected chi connectivity index (χ3v) is 5.50. The molecule has 1 fully saturated rings. The molecule has 0 bridgehead atoms. The van der Waals surface area contributed by atoms with Crippen LogP contribution in [0.15, 0.2) is 52.7 Å². The van der Waals surface area contributed by atoms with Gasteiger partial charge in [0.2, 0.25) is 11.8 Å². The summed E-state index contributed by atoms with van der Waals surface area (Å²) in [4.78, 5) is 49.6. The maximum atomic E-state index is 12.9. The third-order valence-electron chi connectivity index (χ3n) is 5.50. The van der Waals surface area contributed by atoms with Crippen molar-refractivity contribution in [3.05, 3.63) is 53.6 Å². The predicted molar refractivity (Wildman–Crippen MR) is 128 cm³/mol. The van der Waals surface area contributed by atoms with Crippen molar-refractivity contribution >= 4 is 47.4 Å². The number of nitrogens with two attached hydrogens (primary N) is 1. The Labute approximate surface area is 207 Å². The number of ether oxygens (including phenoxy) is 1. The van der Waals surface area contributed by atoms with E-state index in [1.165, 1.54) is 4.90 Å². The average molecular weight is 501 g/mol. The van der Waals surface area contributed by atoms with E-state index in [1.54, 1.807) is 42.5 Å². The van der Waals surface area contributed by atoms with Crippen LogP contribution in [-0.4, -0.2) is 54.3 Å². The van der Waals surface area contributed by atoms with E-state index < -0.39 is 11.9 Å². The first kappa shape index (κ1) is 25.8. The normalized spacial score (nSPS) is 17.1. The van der Waals surface area contributed by atoms with Gasteiger partial charge in [0.25, 0.3) is 11.8 Å². The van der Waals surface area contributed by atoms with E-state index in [9.17, 15) is 19.2 Å². The van der Waals surface area contributed by atoms with Crippen molar-refractivity contribution in [1.29, 1.82) is 0 Å². The largest absolute Gasteiger partial charge is 0.484 e. The molecule has 2 aliphatic heterocycles. The molecule has 12 heteroatoms. The molecular formula is C23H25ClN6O5.